The lowest BCUT2D eigenvalue weighted by atomic mass is 10.1. The minimum absolute atomic E-state index is 0.271. The number of carbonyl (C=O) groups is 1. The van der Waals surface area contributed by atoms with Gasteiger partial charge in [0.25, 0.3) is 5.91 Å². The van der Waals surface area contributed by atoms with Crippen LogP contribution < -0.4 is 11.5 Å². The number of carbonyl (C=O) groups excluding carboxylic acids is 1. The summed E-state index contributed by atoms with van der Waals surface area (Å²) in [6.45, 7) is 1.60. The topological polar surface area (TPSA) is 81.5 Å². The van der Waals surface area contributed by atoms with E-state index in [0.717, 1.165) is 0 Å². The van der Waals surface area contributed by atoms with Gasteiger partial charge in [-0.2, -0.15) is 4.99 Å². The maximum Gasteiger partial charge on any atom is 0.275 e. The quantitative estimate of drug-likeness (QED) is 0.492. The lowest BCUT2D eigenvalue weighted by Crippen LogP contribution is -2.24. The fourth-order valence-corrected chi connectivity index (χ4v) is 1.72. The van der Waals surface area contributed by atoms with E-state index in [0.29, 0.717) is 21.2 Å². The van der Waals surface area contributed by atoms with Crippen molar-refractivity contribution in [1.29, 1.82) is 0 Å². The number of halogens is 2. The molecule has 0 aromatic heterocycles. The van der Waals surface area contributed by atoms with Gasteiger partial charge in [0, 0.05) is 15.6 Å². The van der Waals surface area contributed by atoms with Gasteiger partial charge in [0.15, 0.2) is 5.96 Å². The number of nitrogens with two attached hydrogens (primary N) is 2. The zero-order valence-corrected chi connectivity index (χ0v) is 10.6. The first kappa shape index (κ1) is 13.5. The van der Waals surface area contributed by atoms with Crippen LogP contribution in [-0.4, -0.2) is 11.9 Å². The molecule has 0 aliphatic heterocycles. The number of aliphatic imine (C=N–C) groups is 1. The maximum atomic E-state index is 11.4. The maximum absolute atomic E-state index is 11.4. The van der Waals surface area contributed by atoms with Crippen molar-refractivity contribution in [2.75, 3.05) is 0 Å². The van der Waals surface area contributed by atoms with Crippen LogP contribution in [0.4, 0.5) is 0 Å². The molecule has 1 aromatic carbocycles. The molecule has 6 heteroatoms. The Hall–Kier alpha value is -1.52. The number of amides is 1. The zero-order chi connectivity index (χ0) is 13.0. The molecule has 0 unspecified atom stereocenters. The molecule has 0 aliphatic rings. The number of nitrogens with zero attached hydrogens (tertiary/aromatic N) is 1. The molecule has 1 rings (SSSR count). The molecular formula is C11H11Cl2N3O. The summed E-state index contributed by atoms with van der Waals surface area (Å²) in [4.78, 5) is 14.9. The molecule has 0 bridgehead atoms. The van der Waals surface area contributed by atoms with Crippen LogP contribution in [0, 0.1) is 0 Å². The van der Waals surface area contributed by atoms with E-state index in [-0.39, 0.29) is 5.96 Å². The van der Waals surface area contributed by atoms with Crippen LogP contribution in [0.5, 0.6) is 0 Å². The summed E-state index contributed by atoms with van der Waals surface area (Å²) in [5, 5.41) is 0.983. The fraction of sp³-hybridized carbons (Fsp3) is 0.0909. The van der Waals surface area contributed by atoms with Crippen LogP contribution >= 0.6 is 23.2 Å². The monoisotopic (exact) mass is 271 g/mol. The van der Waals surface area contributed by atoms with Crippen molar-refractivity contribution >= 4 is 41.1 Å². The highest BCUT2D eigenvalue weighted by atomic mass is 35.5. The van der Waals surface area contributed by atoms with Gasteiger partial charge < -0.3 is 11.5 Å². The average Bonchev–Trinajstić information content (AvgIpc) is 2.14. The van der Waals surface area contributed by atoms with Crippen LogP contribution in [0.15, 0.2) is 28.8 Å². The summed E-state index contributed by atoms with van der Waals surface area (Å²) in [6, 6.07) is 4.97. The lowest BCUT2D eigenvalue weighted by Gasteiger charge is -1.99. The number of guanidine groups is 1. The molecule has 1 amide bonds. The normalized spacial score (nSPS) is 11.1. The van der Waals surface area contributed by atoms with E-state index in [9.17, 15) is 4.79 Å². The van der Waals surface area contributed by atoms with Crippen LogP contribution in [-0.2, 0) is 4.79 Å². The summed E-state index contributed by atoms with van der Waals surface area (Å²) in [5.41, 5.74) is 11.3. The third-order valence-electron chi connectivity index (χ3n) is 1.84. The largest absolute Gasteiger partial charge is 0.370 e. The van der Waals surface area contributed by atoms with Gasteiger partial charge in [-0.05, 0) is 36.8 Å². The van der Waals surface area contributed by atoms with E-state index in [4.69, 9.17) is 34.7 Å². The van der Waals surface area contributed by atoms with E-state index in [1.54, 1.807) is 31.2 Å². The van der Waals surface area contributed by atoms with Gasteiger partial charge in [-0.15, -0.1) is 0 Å². The highest BCUT2D eigenvalue weighted by Gasteiger charge is 2.04. The SMILES string of the molecule is C/C(=C\c1cc(Cl)cc(Cl)c1)C(=O)N=C(N)N. The van der Waals surface area contributed by atoms with Crippen LogP contribution in [0.3, 0.4) is 0 Å². The third kappa shape index (κ3) is 4.46. The third-order valence-corrected chi connectivity index (χ3v) is 2.27. The minimum atomic E-state index is -0.499. The van der Waals surface area contributed by atoms with Crippen LogP contribution in [0.1, 0.15) is 12.5 Å². The molecule has 0 saturated carbocycles. The molecule has 0 atom stereocenters. The summed E-state index contributed by atoms with van der Waals surface area (Å²) in [6.07, 6.45) is 1.60. The second-order valence-corrected chi connectivity index (χ2v) is 4.24. The molecule has 0 heterocycles. The molecule has 0 radical (unpaired) electrons. The summed E-state index contributed by atoms with van der Waals surface area (Å²) in [5.74, 6) is -0.770. The molecule has 4 nitrogen and oxygen atoms in total. The fourth-order valence-electron chi connectivity index (χ4n) is 1.18. The summed E-state index contributed by atoms with van der Waals surface area (Å²) < 4.78 is 0. The van der Waals surface area contributed by atoms with E-state index in [2.05, 4.69) is 4.99 Å². The van der Waals surface area contributed by atoms with Gasteiger partial charge in [0.2, 0.25) is 0 Å². The Morgan fingerprint density at radius 2 is 1.76 bits per heavy atom. The Balaban J connectivity index is 3.02. The van der Waals surface area contributed by atoms with Crippen LogP contribution in [0.2, 0.25) is 10.0 Å². The van der Waals surface area contributed by atoms with Crippen molar-refractivity contribution in [2.45, 2.75) is 6.92 Å². The first-order valence-electron chi connectivity index (χ1n) is 4.67. The Morgan fingerprint density at radius 3 is 2.24 bits per heavy atom. The second-order valence-electron chi connectivity index (χ2n) is 3.37. The first-order chi connectivity index (χ1) is 7.88. The molecule has 0 aliphatic carbocycles. The number of hydrogen-bond acceptors (Lipinski definition) is 1. The van der Waals surface area contributed by atoms with E-state index < -0.39 is 5.91 Å². The van der Waals surface area contributed by atoms with Gasteiger partial charge in [0.1, 0.15) is 0 Å². The molecule has 0 fully saturated rings. The average molecular weight is 272 g/mol. The summed E-state index contributed by atoms with van der Waals surface area (Å²) >= 11 is 11.7. The predicted molar refractivity (Wildman–Crippen MR) is 70.9 cm³/mol. The van der Waals surface area contributed by atoms with Gasteiger partial charge in [-0.3, -0.25) is 4.79 Å². The van der Waals surface area contributed by atoms with E-state index >= 15 is 0 Å². The standard InChI is InChI=1S/C11H11Cl2N3O/c1-6(10(17)16-11(14)15)2-7-3-8(12)5-9(13)4-7/h2-5H,1H3,(H4,14,15,16,17)/b6-2+. The molecule has 0 saturated heterocycles. The molecule has 17 heavy (non-hydrogen) atoms. The van der Waals surface area contributed by atoms with Gasteiger partial charge in [0.05, 0.1) is 0 Å². The first-order valence-corrected chi connectivity index (χ1v) is 5.42. The number of hydrogen-bond donors (Lipinski definition) is 2. The van der Waals surface area contributed by atoms with Crippen molar-refractivity contribution in [2.24, 2.45) is 16.5 Å². The Bertz CT molecular complexity index is 485. The van der Waals surface area contributed by atoms with Gasteiger partial charge >= 0.3 is 0 Å². The smallest absolute Gasteiger partial charge is 0.275 e. The lowest BCUT2D eigenvalue weighted by molar-refractivity contribution is -0.114. The molecule has 90 valence electrons. The molecular weight excluding hydrogens is 261 g/mol. The van der Waals surface area contributed by atoms with Gasteiger partial charge in [-0.1, -0.05) is 23.2 Å². The highest BCUT2D eigenvalue weighted by Crippen LogP contribution is 2.20. The Morgan fingerprint density at radius 1 is 1.24 bits per heavy atom. The number of rotatable bonds is 2. The highest BCUT2D eigenvalue weighted by molar-refractivity contribution is 6.34. The van der Waals surface area contributed by atoms with Crippen molar-refractivity contribution in [3.05, 3.63) is 39.4 Å². The Labute approximate surface area is 109 Å². The van der Waals surface area contributed by atoms with Crippen molar-refractivity contribution < 1.29 is 4.79 Å². The Kier molecular flexibility index (Phi) is 4.54. The van der Waals surface area contributed by atoms with E-state index in [1.165, 1.54) is 0 Å². The zero-order valence-electron chi connectivity index (χ0n) is 9.08. The van der Waals surface area contributed by atoms with E-state index in [1.807, 2.05) is 0 Å². The minimum Gasteiger partial charge on any atom is -0.370 e. The molecule has 0 spiro atoms. The van der Waals surface area contributed by atoms with Crippen molar-refractivity contribution in [3.8, 4) is 0 Å². The second kappa shape index (κ2) is 5.70. The van der Waals surface area contributed by atoms with Crippen LogP contribution in [0.25, 0.3) is 6.08 Å². The summed E-state index contributed by atoms with van der Waals surface area (Å²) in [7, 11) is 0. The predicted octanol–water partition coefficient (Wildman–Crippen LogP) is 2.20. The van der Waals surface area contributed by atoms with Crippen molar-refractivity contribution in [1.82, 2.24) is 0 Å². The van der Waals surface area contributed by atoms with Gasteiger partial charge in [-0.25, -0.2) is 0 Å². The molecule has 4 N–H and O–H groups in total. The number of benzene rings is 1. The van der Waals surface area contributed by atoms with Crippen molar-refractivity contribution in [3.63, 3.8) is 0 Å². The molecule has 1 aromatic rings.